The highest BCUT2D eigenvalue weighted by Gasteiger charge is 2.21. The Hall–Kier alpha value is -2.43. The summed E-state index contributed by atoms with van der Waals surface area (Å²) in [5.74, 6) is 1.23. The lowest BCUT2D eigenvalue weighted by atomic mass is 9.97. The van der Waals surface area contributed by atoms with E-state index < -0.39 is 0 Å². The first-order chi connectivity index (χ1) is 10.7. The maximum Gasteiger partial charge on any atom is 0.310 e. The largest absolute Gasteiger partial charge is 0.493 e. The molecule has 1 aliphatic heterocycles. The second-order valence-corrected chi connectivity index (χ2v) is 5.29. The van der Waals surface area contributed by atoms with E-state index >= 15 is 0 Å². The number of hydrogen-bond donors (Lipinski definition) is 0. The van der Waals surface area contributed by atoms with Crippen molar-refractivity contribution in [3.8, 4) is 22.8 Å². The van der Waals surface area contributed by atoms with E-state index in [0.717, 1.165) is 35.5 Å². The summed E-state index contributed by atoms with van der Waals surface area (Å²) in [5, 5.41) is 0. The van der Waals surface area contributed by atoms with Crippen molar-refractivity contribution in [3.05, 3.63) is 35.5 Å². The van der Waals surface area contributed by atoms with E-state index in [4.69, 9.17) is 14.2 Å². The van der Waals surface area contributed by atoms with Crippen molar-refractivity contribution in [1.82, 2.24) is 4.57 Å². The smallest absolute Gasteiger partial charge is 0.310 e. The highest BCUT2D eigenvalue weighted by molar-refractivity contribution is 5.75. The third-order valence-electron chi connectivity index (χ3n) is 4.04. The number of nitrogens with zero attached hydrogens (tertiary/aromatic N) is 1. The number of aromatic nitrogens is 1. The van der Waals surface area contributed by atoms with Gasteiger partial charge in [0.2, 0.25) is 0 Å². The lowest BCUT2D eigenvalue weighted by Crippen LogP contribution is -2.10. The first-order valence-electron chi connectivity index (χ1n) is 7.17. The molecule has 0 atom stereocenters. The molecule has 22 heavy (non-hydrogen) atoms. The summed E-state index contributed by atoms with van der Waals surface area (Å²) in [5.41, 5.74) is 4.42. The highest BCUT2D eigenvalue weighted by atomic mass is 16.5. The van der Waals surface area contributed by atoms with E-state index in [1.165, 1.54) is 12.7 Å². The van der Waals surface area contributed by atoms with Crippen LogP contribution in [0.1, 0.15) is 11.1 Å². The minimum absolute atomic E-state index is 0.226. The van der Waals surface area contributed by atoms with E-state index in [1.54, 1.807) is 14.2 Å². The Morgan fingerprint density at radius 2 is 1.86 bits per heavy atom. The average Bonchev–Trinajstić information content (AvgIpc) is 2.95. The number of benzene rings is 1. The van der Waals surface area contributed by atoms with Crippen LogP contribution in [-0.4, -0.2) is 31.9 Å². The zero-order chi connectivity index (χ0) is 15.7. The summed E-state index contributed by atoms with van der Waals surface area (Å²) in [6, 6.07) is 6.08. The first-order valence-corrected chi connectivity index (χ1v) is 7.17. The van der Waals surface area contributed by atoms with Gasteiger partial charge in [-0.15, -0.1) is 0 Å². The van der Waals surface area contributed by atoms with Crippen LogP contribution in [-0.2, 0) is 28.9 Å². The van der Waals surface area contributed by atoms with Gasteiger partial charge in [0.25, 0.3) is 0 Å². The van der Waals surface area contributed by atoms with Gasteiger partial charge < -0.3 is 18.8 Å². The van der Waals surface area contributed by atoms with Gasteiger partial charge in [0.15, 0.2) is 11.5 Å². The van der Waals surface area contributed by atoms with Crippen LogP contribution in [0.5, 0.6) is 11.5 Å². The van der Waals surface area contributed by atoms with Crippen LogP contribution in [0, 0.1) is 0 Å². The predicted octanol–water partition coefficient (Wildman–Crippen LogP) is 2.44. The van der Waals surface area contributed by atoms with Crippen LogP contribution in [0.15, 0.2) is 24.4 Å². The summed E-state index contributed by atoms with van der Waals surface area (Å²) in [4.78, 5) is 11.5. The molecule has 1 aromatic carbocycles. The van der Waals surface area contributed by atoms with Crippen LogP contribution in [0.3, 0.4) is 0 Å². The molecule has 2 heterocycles. The SMILES string of the molecule is COC(=O)Cc1cc2n(c1)CCc1cc(OC)c(OC)cc1-2. The molecule has 2 aromatic rings. The van der Waals surface area contributed by atoms with E-state index in [1.807, 2.05) is 24.4 Å². The van der Waals surface area contributed by atoms with E-state index in [9.17, 15) is 4.79 Å². The van der Waals surface area contributed by atoms with Gasteiger partial charge in [0, 0.05) is 24.0 Å². The zero-order valence-corrected chi connectivity index (χ0v) is 13.0. The molecule has 3 rings (SSSR count). The molecule has 0 amide bonds. The van der Waals surface area contributed by atoms with Gasteiger partial charge in [0.1, 0.15) is 0 Å². The standard InChI is InChI=1S/C17H19NO4/c1-20-15-8-12-4-5-18-10-11(7-17(19)22-3)6-14(18)13(12)9-16(15)21-2/h6,8-10H,4-5,7H2,1-3H3. The molecule has 1 aliphatic rings. The van der Waals surface area contributed by atoms with Crippen LogP contribution >= 0.6 is 0 Å². The van der Waals surface area contributed by atoms with Gasteiger partial charge in [-0.05, 0) is 35.7 Å². The number of hydrogen-bond acceptors (Lipinski definition) is 4. The van der Waals surface area contributed by atoms with Crippen LogP contribution in [0.2, 0.25) is 0 Å². The Morgan fingerprint density at radius 1 is 1.14 bits per heavy atom. The van der Waals surface area contributed by atoms with Crippen LogP contribution in [0.4, 0.5) is 0 Å². The first kappa shape index (κ1) is 14.5. The number of methoxy groups -OCH3 is 3. The highest BCUT2D eigenvalue weighted by Crippen LogP contribution is 2.39. The number of aryl methyl sites for hydroxylation is 2. The molecular weight excluding hydrogens is 282 g/mol. The topological polar surface area (TPSA) is 49.7 Å². The molecule has 0 bridgehead atoms. The molecule has 0 saturated carbocycles. The second-order valence-electron chi connectivity index (χ2n) is 5.29. The summed E-state index contributed by atoms with van der Waals surface area (Å²) >= 11 is 0. The van der Waals surface area contributed by atoms with E-state index in [-0.39, 0.29) is 5.97 Å². The van der Waals surface area contributed by atoms with Crippen molar-refractivity contribution in [3.63, 3.8) is 0 Å². The predicted molar refractivity (Wildman–Crippen MR) is 82.4 cm³/mol. The molecule has 5 heteroatoms. The summed E-state index contributed by atoms with van der Waals surface area (Å²) in [6.45, 7) is 0.888. The fourth-order valence-corrected chi connectivity index (χ4v) is 2.93. The molecule has 0 fully saturated rings. The Bertz CT molecular complexity index is 718. The fraction of sp³-hybridized carbons (Fsp3) is 0.353. The van der Waals surface area contributed by atoms with Gasteiger partial charge in [-0.3, -0.25) is 4.79 Å². The molecule has 0 spiro atoms. The Morgan fingerprint density at radius 3 is 2.55 bits per heavy atom. The lowest BCUT2D eigenvalue weighted by Gasteiger charge is -2.21. The van der Waals surface area contributed by atoms with Crippen molar-refractivity contribution >= 4 is 5.97 Å². The average molecular weight is 301 g/mol. The van der Waals surface area contributed by atoms with Crippen molar-refractivity contribution < 1.29 is 19.0 Å². The molecule has 0 saturated heterocycles. The van der Waals surface area contributed by atoms with Crippen molar-refractivity contribution in [2.45, 2.75) is 19.4 Å². The zero-order valence-electron chi connectivity index (χ0n) is 13.0. The molecule has 0 unspecified atom stereocenters. The van der Waals surface area contributed by atoms with Crippen molar-refractivity contribution in [2.75, 3.05) is 21.3 Å². The number of carbonyl (C=O) groups is 1. The fourth-order valence-electron chi connectivity index (χ4n) is 2.93. The lowest BCUT2D eigenvalue weighted by molar-refractivity contribution is -0.139. The molecule has 0 aliphatic carbocycles. The molecular formula is C17H19NO4. The Kier molecular flexibility index (Phi) is 3.79. The number of carbonyl (C=O) groups excluding carboxylic acids is 1. The van der Waals surface area contributed by atoms with Gasteiger partial charge in [-0.25, -0.2) is 0 Å². The van der Waals surface area contributed by atoms with Gasteiger partial charge >= 0.3 is 5.97 Å². The summed E-state index contributed by atoms with van der Waals surface area (Å²) in [7, 11) is 4.68. The Labute approximate surface area is 129 Å². The normalized spacial score (nSPS) is 12.3. The minimum atomic E-state index is -0.226. The molecule has 1 aromatic heterocycles. The summed E-state index contributed by atoms with van der Waals surface area (Å²) in [6.07, 6.45) is 3.24. The van der Waals surface area contributed by atoms with Crippen molar-refractivity contribution in [1.29, 1.82) is 0 Å². The number of rotatable bonds is 4. The molecule has 0 N–H and O–H groups in total. The second kappa shape index (κ2) is 5.75. The number of esters is 1. The van der Waals surface area contributed by atoms with Gasteiger partial charge in [-0.2, -0.15) is 0 Å². The molecule has 0 radical (unpaired) electrons. The molecule has 5 nitrogen and oxygen atoms in total. The maximum atomic E-state index is 11.5. The minimum Gasteiger partial charge on any atom is -0.493 e. The van der Waals surface area contributed by atoms with Gasteiger partial charge in [0.05, 0.1) is 27.8 Å². The van der Waals surface area contributed by atoms with Gasteiger partial charge in [-0.1, -0.05) is 0 Å². The van der Waals surface area contributed by atoms with Crippen molar-refractivity contribution in [2.24, 2.45) is 0 Å². The van der Waals surface area contributed by atoms with Crippen LogP contribution < -0.4 is 9.47 Å². The monoisotopic (exact) mass is 301 g/mol. The maximum absolute atomic E-state index is 11.5. The third kappa shape index (κ3) is 2.43. The van der Waals surface area contributed by atoms with E-state index in [0.29, 0.717) is 12.2 Å². The number of fused-ring (bicyclic) bond motifs is 3. The molecule has 116 valence electrons. The van der Waals surface area contributed by atoms with E-state index in [2.05, 4.69) is 4.57 Å². The summed E-state index contributed by atoms with van der Waals surface area (Å²) < 4.78 is 17.7. The van der Waals surface area contributed by atoms with Crippen LogP contribution in [0.25, 0.3) is 11.3 Å². The number of ether oxygens (including phenoxy) is 3. The third-order valence-corrected chi connectivity index (χ3v) is 4.04. The quantitative estimate of drug-likeness (QED) is 0.814. The Balaban J connectivity index is 2.03.